The van der Waals surface area contributed by atoms with E-state index in [9.17, 15) is 9.90 Å². The lowest BCUT2D eigenvalue weighted by Gasteiger charge is -2.01. The maximum Gasteiger partial charge on any atom is 0.227 e. The molecule has 0 saturated heterocycles. The largest absolute Gasteiger partial charge is 0.502 e. The van der Waals surface area contributed by atoms with Crippen molar-refractivity contribution in [2.45, 2.75) is 26.7 Å². The lowest BCUT2D eigenvalue weighted by Crippen LogP contribution is -2.03. The molecule has 12 heavy (non-hydrogen) atoms. The van der Waals surface area contributed by atoms with Crippen molar-refractivity contribution in [1.82, 2.24) is 0 Å². The topological polar surface area (TPSA) is 50.4 Å². The fourth-order valence-electron chi connectivity index (χ4n) is 1.00. The van der Waals surface area contributed by atoms with E-state index in [-0.39, 0.29) is 11.2 Å². The molecule has 0 saturated carbocycles. The molecule has 0 fully saturated rings. The summed E-state index contributed by atoms with van der Waals surface area (Å²) in [6.07, 6.45) is 1.21. The summed E-state index contributed by atoms with van der Waals surface area (Å²) in [6.45, 7) is 3.73. The van der Waals surface area contributed by atoms with Gasteiger partial charge in [0.2, 0.25) is 11.2 Å². The molecule has 0 unspecified atom stereocenters. The van der Waals surface area contributed by atoms with Gasteiger partial charge in [-0.1, -0.05) is 13.8 Å². The van der Waals surface area contributed by atoms with Crippen LogP contribution in [0, 0.1) is 0 Å². The number of rotatable bonds is 2. The van der Waals surface area contributed by atoms with Gasteiger partial charge in [0, 0.05) is 18.9 Å². The van der Waals surface area contributed by atoms with Crippen LogP contribution < -0.4 is 5.43 Å². The molecule has 0 aliphatic rings. The van der Waals surface area contributed by atoms with Crippen LogP contribution in [0.5, 0.6) is 5.75 Å². The first-order valence-corrected chi connectivity index (χ1v) is 4.03. The third-order valence-electron chi connectivity index (χ3n) is 1.71. The van der Waals surface area contributed by atoms with Crippen LogP contribution in [0.1, 0.15) is 25.4 Å². The van der Waals surface area contributed by atoms with Gasteiger partial charge in [-0.15, -0.1) is 0 Å². The highest BCUT2D eigenvalue weighted by Crippen LogP contribution is 2.13. The fraction of sp³-hybridized carbons (Fsp3) is 0.444. The second kappa shape index (κ2) is 3.43. The summed E-state index contributed by atoms with van der Waals surface area (Å²) in [5.41, 5.74) is -0.352. The monoisotopic (exact) mass is 168 g/mol. The Kier molecular flexibility index (Phi) is 2.53. The molecule has 1 N–H and O–H groups in total. The third kappa shape index (κ3) is 1.49. The second-order valence-corrected chi connectivity index (χ2v) is 2.56. The normalized spacial score (nSPS) is 10.2. The number of hydrogen-bond acceptors (Lipinski definition) is 3. The van der Waals surface area contributed by atoms with Crippen molar-refractivity contribution >= 4 is 0 Å². The van der Waals surface area contributed by atoms with Crippen LogP contribution in [-0.4, -0.2) is 5.11 Å². The first kappa shape index (κ1) is 8.84. The molecule has 1 rings (SSSR count). The molecule has 0 bridgehead atoms. The number of aromatic hydroxyl groups is 1. The van der Waals surface area contributed by atoms with E-state index in [0.29, 0.717) is 24.4 Å². The first-order valence-electron chi connectivity index (χ1n) is 4.03. The molecule has 0 aromatic carbocycles. The standard InChI is InChI=1S/C9H12O3/c1-3-6-5-7(10)9(11)8(4-2)12-6/h5,11H,3-4H2,1-2H3. The van der Waals surface area contributed by atoms with Gasteiger partial charge in [-0.3, -0.25) is 4.79 Å². The van der Waals surface area contributed by atoms with Gasteiger partial charge in [0.1, 0.15) is 11.5 Å². The lowest BCUT2D eigenvalue weighted by atomic mass is 10.2. The molecule has 0 amide bonds. The van der Waals surface area contributed by atoms with E-state index in [1.807, 2.05) is 13.8 Å². The minimum Gasteiger partial charge on any atom is -0.502 e. The highest BCUT2D eigenvalue weighted by Gasteiger charge is 2.07. The zero-order chi connectivity index (χ0) is 9.14. The number of hydrogen-bond donors (Lipinski definition) is 1. The van der Waals surface area contributed by atoms with Crippen LogP contribution in [0.25, 0.3) is 0 Å². The zero-order valence-electron chi connectivity index (χ0n) is 7.26. The molecule has 3 nitrogen and oxygen atoms in total. The smallest absolute Gasteiger partial charge is 0.227 e. The minimum absolute atomic E-state index is 0.255. The van der Waals surface area contributed by atoms with Crippen molar-refractivity contribution in [2.75, 3.05) is 0 Å². The summed E-state index contributed by atoms with van der Waals surface area (Å²) in [5.74, 6) is 0.740. The highest BCUT2D eigenvalue weighted by molar-refractivity contribution is 5.24. The Balaban J connectivity index is 3.29. The average molecular weight is 168 g/mol. The highest BCUT2D eigenvalue weighted by atomic mass is 16.4. The Morgan fingerprint density at radius 1 is 1.42 bits per heavy atom. The van der Waals surface area contributed by atoms with Gasteiger partial charge >= 0.3 is 0 Å². The Hall–Kier alpha value is -1.25. The Morgan fingerprint density at radius 2 is 2.08 bits per heavy atom. The molecular weight excluding hydrogens is 156 g/mol. The van der Waals surface area contributed by atoms with E-state index in [2.05, 4.69) is 0 Å². The molecule has 1 heterocycles. The summed E-state index contributed by atoms with van der Waals surface area (Å²) in [4.78, 5) is 11.1. The molecule has 0 aliphatic heterocycles. The quantitative estimate of drug-likeness (QED) is 0.727. The predicted octanol–water partition coefficient (Wildman–Crippen LogP) is 1.47. The summed E-state index contributed by atoms with van der Waals surface area (Å²) >= 11 is 0. The summed E-state index contributed by atoms with van der Waals surface area (Å²) in [7, 11) is 0. The molecular formula is C9H12O3. The van der Waals surface area contributed by atoms with Gasteiger partial charge in [-0.25, -0.2) is 0 Å². The van der Waals surface area contributed by atoms with Gasteiger partial charge in [-0.05, 0) is 0 Å². The molecule has 66 valence electrons. The van der Waals surface area contributed by atoms with Crippen molar-refractivity contribution in [3.8, 4) is 5.75 Å². The van der Waals surface area contributed by atoms with Crippen molar-refractivity contribution in [3.63, 3.8) is 0 Å². The molecule has 1 aromatic rings. The molecule has 3 heteroatoms. The van der Waals surface area contributed by atoms with Crippen molar-refractivity contribution in [1.29, 1.82) is 0 Å². The van der Waals surface area contributed by atoms with Gasteiger partial charge in [0.05, 0.1) is 0 Å². The second-order valence-electron chi connectivity index (χ2n) is 2.56. The van der Waals surface area contributed by atoms with Crippen LogP contribution in [0.2, 0.25) is 0 Å². The maximum atomic E-state index is 11.1. The average Bonchev–Trinajstić information content (AvgIpc) is 2.09. The Morgan fingerprint density at radius 3 is 2.58 bits per heavy atom. The zero-order valence-corrected chi connectivity index (χ0v) is 7.26. The van der Waals surface area contributed by atoms with Crippen LogP contribution in [-0.2, 0) is 12.8 Å². The summed E-state index contributed by atoms with van der Waals surface area (Å²) < 4.78 is 5.24. The van der Waals surface area contributed by atoms with Crippen molar-refractivity contribution in [3.05, 3.63) is 27.8 Å². The van der Waals surface area contributed by atoms with E-state index >= 15 is 0 Å². The molecule has 0 radical (unpaired) electrons. The van der Waals surface area contributed by atoms with Crippen LogP contribution in [0.4, 0.5) is 0 Å². The van der Waals surface area contributed by atoms with Gasteiger partial charge in [0.25, 0.3) is 0 Å². The Bertz CT molecular complexity index is 325. The van der Waals surface area contributed by atoms with Crippen molar-refractivity contribution < 1.29 is 9.52 Å². The first-order chi connectivity index (χ1) is 5.69. The summed E-state index contributed by atoms with van der Waals surface area (Å²) in [6, 6.07) is 1.33. The maximum absolute atomic E-state index is 11.1. The van der Waals surface area contributed by atoms with E-state index in [4.69, 9.17) is 4.42 Å². The lowest BCUT2D eigenvalue weighted by molar-refractivity contribution is 0.385. The van der Waals surface area contributed by atoms with Crippen LogP contribution in [0.3, 0.4) is 0 Å². The molecule has 0 atom stereocenters. The molecule has 0 spiro atoms. The van der Waals surface area contributed by atoms with Crippen molar-refractivity contribution in [2.24, 2.45) is 0 Å². The van der Waals surface area contributed by atoms with Gasteiger partial charge < -0.3 is 9.52 Å². The van der Waals surface area contributed by atoms with E-state index in [1.54, 1.807) is 0 Å². The third-order valence-corrected chi connectivity index (χ3v) is 1.71. The number of aryl methyl sites for hydroxylation is 2. The SMILES string of the molecule is CCc1cc(=O)c(O)c(CC)o1. The van der Waals surface area contributed by atoms with E-state index in [1.165, 1.54) is 6.07 Å². The van der Waals surface area contributed by atoms with E-state index in [0.717, 1.165) is 0 Å². The minimum atomic E-state index is -0.352. The molecule has 1 aromatic heterocycles. The van der Waals surface area contributed by atoms with Gasteiger partial charge in [-0.2, -0.15) is 0 Å². The molecule has 0 aliphatic carbocycles. The van der Waals surface area contributed by atoms with E-state index < -0.39 is 0 Å². The van der Waals surface area contributed by atoms with Crippen LogP contribution >= 0.6 is 0 Å². The summed E-state index contributed by atoms with van der Waals surface area (Å²) in [5, 5.41) is 9.21. The Labute approximate surface area is 70.7 Å². The van der Waals surface area contributed by atoms with Crippen LogP contribution in [0.15, 0.2) is 15.3 Å². The van der Waals surface area contributed by atoms with Gasteiger partial charge in [0.15, 0.2) is 0 Å². The predicted molar refractivity (Wildman–Crippen MR) is 45.4 cm³/mol. The fourth-order valence-corrected chi connectivity index (χ4v) is 1.00.